The van der Waals surface area contributed by atoms with Gasteiger partial charge < -0.3 is 91.4 Å². The number of nitrogens with zero attached hydrogens (tertiary/aromatic N) is 2. The second-order valence-corrected chi connectivity index (χ2v) is 37.4. The number of hydrogen-bond donors (Lipinski definition) is 5. The van der Waals surface area contributed by atoms with E-state index in [2.05, 4.69) is 17.0 Å². The average Bonchev–Trinajstić information content (AvgIpc) is 1.76. The molecule has 31 nitrogen and oxygen atoms in total. The number of amides is 1. The molecule has 0 spiro atoms. The van der Waals surface area contributed by atoms with Crippen molar-refractivity contribution in [1.29, 1.82) is 0 Å². The Labute approximate surface area is 884 Å². The number of rotatable bonds is 42. The van der Waals surface area contributed by atoms with Crippen LogP contribution >= 0.6 is 0 Å². The number of carbonyl (C=O) groups excluding carboxylic acids is 15. The van der Waals surface area contributed by atoms with E-state index < -0.39 is 167 Å². The number of carboxylic acid groups (broad SMARTS) is 3. The molecule has 10 atom stereocenters. The van der Waals surface area contributed by atoms with Crippen LogP contribution in [0.3, 0.4) is 0 Å². The number of phenolic OH excluding ortho intramolecular Hbond substituents is 1. The molecule has 10 unspecified atom stereocenters. The summed E-state index contributed by atoms with van der Waals surface area (Å²) in [6.07, 6.45) is -0.398. The molecule has 2 aliphatic heterocycles. The largest absolute Gasteiger partial charge is 1.00 e. The van der Waals surface area contributed by atoms with Gasteiger partial charge in [0.15, 0.2) is 28.9 Å². The summed E-state index contributed by atoms with van der Waals surface area (Å²) in [4.78, 5) is 211. The van der Waals surface area contributed by atoms with Gasteiger partial charge in [-0.3, -0.25) is 67.1 Å². The number of anilines is 2. The van der Waals surface area contributed by atoms with Crippen molar-refractivity contribution < 1.29 is 225 Å². The molecule has 2 fully saturated rings. The van der Waals surface area contributed by atoms with Gasteiger partial charge in [-0.05, 0) is 178 Å². The standard InChI is InChI=1S/C63H82N2O18.C16H14O3.C12H17NO2.C10H16O3.C2H6O.C2H5.3Na.H2O/c1-15-60(5,6)50(59(79)82-41-27-23-38(24-28-41)46(67)31-45(66)37-19-17-35(3)18-20-37)44(54(73)74)34-63(11,12)49(57(77)81-30-29-64-51(68)39-21-25-40(26-22-39)65(13)14)43(53(71)72)33-62(9,10)48(56(76)80-16-2)42(52(69)70)32-61(7,8)47-36(4)55(75)83-58(47)78;1-11-2-4-12(5-3-11)15(18)10-16(19)13-6-8-14(17)9-7-13;1-13(2)11-7-5-10(6-8-11)12(15)4-3-9-14;1-5-10(3,4)7-6(2)8(11)13-9(7)12;1-2-3;1-2;;;;/h17-28,36,42-44,47-50H,15-16,29-34H2,1-14H3,(H,64,68)(H,69,70)(H,71,72)(H,73,74);2-9,17H,10H2,1H3;5-8,14H,3-4,9H2,1-2H3;6-7H,5H2,1-4H3;3H,2H2,1H3;1H2,2H3;;;;1H2/q;;;;;-1;3*+1;/p-3. The monoisotopic (exact) mass is 1960 g/mol. The van der Waals surface area contributed by atoms with E-state index in [-0.39, 0.29) is 203 Å². The van der Waals surface area contributed by atoms with Crippen molar-refractivity contribution in [3.63, 3.8) is 0 Å². The number of Topliss-reactive ketones (excluding diaryl/α,β-unsaturated/α-hetero) is 5. The zero-order chi connectivity index (χ0) is 103. The second-order valence-electron chi connectivity index (χ2n) is 37.4. The molecule has 0 radical (unpaired) electrons. The number of esters is 7. The first-order valence-electron chi connectivity index (χ1n) is 45.2. The van der Waals surface area contributed by atoms with Gasteiger partial charge in [-0.15, -0.1) is 0 Å². The Morgan fingerprint density at radius 1 is 0.453 bits per heavy atom. The number of aliphatic carboxylic acids is 3. The van der Waals surface area contributed by atoms with E-state index in [1.165, 1.54) is 104 Å². The van der Waals surface area contributed by atoms with E-state index in [1.807, 2.05) is 109 Å². The molecular weight excluding hydrogens is 1820 g/mol. The maximum Gasteiger partial charge on any atom is 1.00 e. The normalized spacial score (nSPS) is 15.5. The molecule has 139 heavy (non-hydrogen) atoms. The average molecular weight is 1960 g/mol. The van der Waals surface area contributed by atoms with Crippen LogP contribution in [0.25, 0.3) is 0 Å². The van der Waals surface area contributed by atoms with Gasteiger partial charge in [-0.25, -0.2) is 0 Å². The topological polar surface area (TPSA) is 495 Å². The number of nitrogens with one attached hydrogen (secondary N) is 1. The number of hydrogen-bond acceptors (Lipinski definition) is 29. The first kappa shape index (κ1) is 132. The van der Waals surface area contributed by atoms with Crippen molar-refractivity contribution >= 4 is 106 Å². The van der Waals surface area contributed by atoms with Crippen LogP contribution in [0, 0.1) is 107 Å². The predicted octanol–water partition coefficient (Wildman–Crippen LogP) is 4.56. The summed E-state index contributed by atoms with van der Waals surface area (Å²) in [6.45, 7) is 34.0. The van der Waals surface area contributed by atoms with Crippen LogP contribution in [0.4, 0.5) is 11.4 Å². The molecule has 0 aromatic heterocycles. The fourth-order valence-corrected chi connectivity index (χ4v) is 16.5. The van der Waals surface area contributed by atoms with E-state index in [4.69, 9.17) is 34.3 Å². The van der Waals surface area contributed by atoms with Crippen LogP contribution in [0.5, 0.6) is 11.5 Å². The molecule has 0 saturated carbocycles. The van der Waals surface area contributed by atoms with Crippen LogP contribution in [0.1, 0.15) is 249 Å². The van der Waals surface area contributed by atoms with Gasteiger partial charge in [-0.2, -0.15) is 6.92 Å². The van der Waals surface area contributed by atoms with Gasteiger partial charge in [0.2, 0.25) is 0 Å². The van der Waals surface area contributed by atoms with Crippen molar-refractivity contribution in [3.05, 3.63) is 197 Å². The van der Waals surface area contributed by atoms with Crippen LogP contribution < -0.4 is 119 Å². The molecule has 2 saturated heterocycles. The minimum absolute atomic E-state index is 0. The van der Waals surface area contributed by atoms with Gasteiger partial charge in [-0.1, -0.05) is 169 Å². The summed E-state index contributed by atoms with van der Waals surface area (Å²) in [5, 5.41) is 66.3. The van der Waals surface area contributed by atoms with Gasteiger partial charge in [0.25, 0.3) is 5.91 Å². The number of aromatic hydroxyl groups is 1. The molecule has 0 bridgehead atoms. The van der Waals surface area contributed by atoms with Crippen LogP contribution in [-0.4, -0.2) is 182 Å². The van der Waals surface area contributed by atoms with E-state index in [1.54, 1.807) is 102 Å². The van der Waals surface area contributed by atoms with E-state index in [0.717, 1.165) is 28.9 Å². The number of aliphatic hydroxyl groups excluding tert-OH is 2. The third-order valence-electron chi connectivity index (χ3n) is 24.6. The maximum absolute atomic E-state index is 14.9. The third-order valence-corrected chi connectivity index (χ3v) is 24.6. The number of cyclic esters (lactones) is 4. The Balaban J connectivity index is 0. The minimum Gasteiger partial charge on any atom is -0.870 e. The molecule has 2 heterocycles. The zero-order valence-corrected chi connectivity index (χ0v) is 91.8. The SMILES string of the molecule is CCC(C)(C)C1C(=O)OC(=O)C1C.CCO.CCOC(=O)C(C(CC(C)(C)C1C(=O)OC(=O)C1C)C(=O)[O-])C(C)(C)CC(C(=O)O)C(C(=O)OCCNC(=O)c1ccc(N(C)C)cc1)C(C)(C)CC(C(=O)[O-])C(C(=O)Oc1ccc(C(=O)CC(=O)c2ccc(C)cc2)cc1)C(C)(C)CC.CN(C)c1ccc(C(=O)CCCO)cc1.Cc1ccc(C(=O)CC(=O)c2ccc(O)cc2)cc1.[CH2-]C.[Na+].[Na+].[Na+].[OH-]. The van der Waals surface area contributed by atoms with Gasteiger partial charge in [0.1, 0.15) is 18.1 Å². The number of ketones is 5. The van der Waals surface area contributed by atoms with Crippen molar-refractivity contribution in [2.24, 2.45) is 86.3 Å². The number of ether oxygens (including phenoxy) is 5. The Bertz CT molecular complexity index is 4980. The Morgan fingerprint density at radius 3 is 1.13 bits per heavy atom. The fraction of sp³-hybridized carbons (Fsp3) is 0.495. The Morgan fingerprint density at radius 2 is 0.784 bits per heavy atom. The van der Waals surface area contributed by atoms with Crippen LogP contribution in [0.2, 0.25) is 0 Å². The molecule has 2 aliphatic rings. The number of aryl methyl sites for hydroxylation is 2. The molecule has 746 valence electrons. The maximum atomic E-state index is 14.9. The smallest absolute Gasteiger partial charge is 0.870 e. The Kier molecular flexibility index (Phi) is 58.1. The van der Waals surface area contributed by atoms with Crippen LogP contribution in [-0.2, 0) is 66.9 Å². The number of benzene rings is 6. The van der Waals surface area contributed by atoms with Crippen molar-refractivity contribution in [2.75, 3.05) is 71.0 Å². The summed E-state index contributed by atoms with van der Waals surface area (Å²) in [7, 11) is 7.57. The van der Waals surface area contributed by atoms with E-state index >= 15 is 0 Å². The van der Waals surface area contributed by atoms with Crippen molar-refractivity contribution in [1.82, 2.24) is 5.32 Å². The number of phenols is 1. The van der Waals surface area contributed by atoms with Gasteiger partial charge in [0.05, 0.1) is 73.3 Å². The summed E-state index contributed by atoms with van der Waals surface area (Å²) >= 11 is 0. The molecule has 34 heteroatoms. The van der Waals surface area contributed by atoms with Crippen molar-refractivity contribution in [3.8, 4) is 11.5 Å². The van der Waals surface area contributed by atoms with Gasteiger partial charge >= 0.3 is 136 Å². The molecule has 1 amide bonds. The predicted molar refractivity (Wildman–Crippen MR) is 506 cm³/mol. The summed E-state index contributed by atoms with van der Waals surface area (Å²) in [5.41, 5.74) is 0.0835. The first-order chi connectivity index (χ1) is 63.0. The molecule has 6 aromatic carbocycles. The summed E-state index contributed by atoms with van der Waals surface area (Å²) < 4.78 is 26.5. The quantitative estimate of drug-likeness (QED) is 0.00512. The molecule has 6 N–H and O–H groups in total. The Hall–Kier alpha value is -9.48. The van der Waals surface area contributed by atoms with E-state index in [9.17, 15) is 92.0 Å². The summed E-state index contributed by atoms with van der Waals surface area (Å²) in [6, 6.07) is 39.2. The molecule has 8 rings (SSSR count). The fourth-order valence-electron chi connectivity index (χ4n) is 16.5. The second kappa shape index (κ2) is 61.4. The van der Waals surface area contributed by atoms with Crippen molar-refractivity contribution in [2.45, 2.75) is 189 Å². The van der Waals surface area contributed by atoms with E-state index in [0.29, 0.717) is 35.1 Å². The number of carbonyl (C=O) groups is 16. The number of carboxylic acids is 3. The third kappa shape index (κ3) is 39.7. The molecular formula is C105H139N3Na3O28-. The molecule has 0 aliphatic carbocycles. The summed E-state index contributed by atoms with van der Waals surface area (Å²) in [5.74, 6) is -26.1. The van der Waals surface area contributed by atoms with Gasteiger partial charge in [0, 0.05) is 116 Å². The first-order valence-corrected chi connectivity index (χ1v) is 45.2. The molecule has 6 aromatic rings. The zero-order valence-electron chi connectivity index (χ0n) is 85.8. The van der Waals surface area contributed by atoms with Crippen LogP contribution in [0.15, 0.2) is 146 Å². The number of aliphatic hydroxyl groups is 2. The minimum atomic E-state index is -1.92.